The number of carbonyl (C=O) groups is 1. The molecular formula is C10H19NO5. The largest absolute Gasteiger partial charge is 0.393 e. The van der Waals surface area contributed by atoms with Crippen LogP contribution >= 0.6 is 0 Å². The Labute approximate surface area is 95.1 Å². The molecule has 0 aromatic heterocycles. The lowest BCUT2D eigenvalue weighted by atomic mass is 10.2. The molecule has 0 aromatic carbocycles. The van der Waals surface area contributed by atoms with E-state index in [1.165, 1.54) is 0 Å². The highest BCUT2D eigenvalue weighted by atomic mass is 16.9. The second kappa shape index (κ2) is 5.70. The second-order valence-electron chi connectivity index (χ2n) is 4.06. The summed E-state index contributed by atoms with van der Waals surface area (Å²) in [5.74, 6) is -1.51. The first kappa shape index (κ1) is 13.5. The number of likely N-dealkylation sites (N-methyl/N-ethyl adjacent to an activating group) is 1. The van der Waals surface area contributed by atoms with Gasteiger partial charge in [-0.15, -0.1) is 0 Å². The van der Waals surface area contributed by atoms with Crippen molar-refractivity contribution in [1.82, 2.24) is 4.90 Å². The molecule has 0 aliphatic carbocycles. The predicted octanol–water partition coefficient (Wildman–Crippen LogP) is -0.785. The monoisotopic (exact) mass is 233 g/mol. The molecule has 94 valence electrons. The summed E-state index contributed by atoms with van der Waals surface area (Å²) in [7, 11) is 3.85. The first-order chi connectivity index (χ1) is 7.47. The van der Waals surface area contributed by atoms with Crippen LogP contribution in [0.2, 0.25) is 0 Å². The molecule has 1 saturated heterocycles. The highest BCUT2D eigenvalue weighted by Crippen LogP contribution is 2.22. The minimum Gasteiger partial charge on any atom is -0.393 e. The maximum atomic E-state index is 11.2. The van der Waals surface area contributed by atoms with Crippen molar-refractivity contribution in [2.24, 2.45) is 0 Å². The van der Waals surface area contributed by atoms with E-state index in [0.717, 1.165) is 6.54 Å². The molecule has 1 rings (SSSR count). The molecule has 6 heteroatoms. The number of aliphatic hydroxyl groups excluding tert-OH is 1. The number of ether oxygens (including phenoxy) is 3. The third-order valence-electron chi connectivity index (χ3n) is 2.26. The number of hydrogen-bond acceptors (Lipinski definition) is 6. The fourth-order valence-corrected chi connectivity index (χ4v) is 1.28. The van der Waals surface area contributed by atoms with E-state index in [2.05, 4.69) is 0 Å². The molecule has 1 aliphatic heterocycles. The average Bonchev–Trinajstić information content (AvgIpc) is 2.21. The van der Waals surface area contributed by atoms with Gasteiger partial charge in [0.05, 0.1) is 13.2 Å². The van der Waals surface area contributed by atoms with Crippen LogP contribution in [0.1, 0.15) is 6.92 Å². The van der Waals surface area contributed by atoms with Crippen molar-refractivity contribution in [3.05, 3.63) is 0 Å². The van der Waals surface area contributed by atoms with Crippen LogP contribution in [0.5, 0.6) is 0 Å². The highest BCUT2D eigenvalue weighted by molar-refractivity contribution is 5.84. The van der Waals surface area contributed by atoms with Gasteiger partial charge in [-0.2, -0.15) is 0 Å². The number of rotatable bonds is 5. The lowest BCUT2D eigenvalue weighted by molar-refractivity contribution is -0.392. The maximum absolute atomic E-state index is 11.2. The zero-order valence-electron chi connectivity index (χ0n) is 9.93. The van der Waals surface area contributed by atoms with Crippen molar-refractivity contribution in [3.8, 4) is 0 Å². The number of ketones is 1. The summed E-state index contributed by atoms with van der Waals surface area (Å²) in [6, 6.07) is 0. The molecule has 0 spiro atoms. The van der Waals surface area contributed by atoms with Gasteiger partial charge < -0.3 is 24.2 Å². The predicted molar refractivity (Wildman–Crippen MR) is 55.8 cm³/mol. The first-order valence-electron chi connectivity index (χ1n) is 5.21. The Morgan fingerprint density at radius 1 is 1.62 bits per heavy atom. The molecule has 2 unspecified atom stereocenters. The molecule has 16 heavy (non-hydrogen) atoms. The summed E-state index contributed by atoms with van der Waals surface area (Å²) < 4.78 is 15.8. The van der Waals surface area contributed by atoms with Crippen LogP contribution in [0.25, 0.3) is 0 Å². The van der Waals surface area contributed by atoms with Crippen molar-refractivity contribution >= 4 is 5.78 Å². The molecule has 0 saturated carbocycles. The lowest BCUT2D eigenvalue weighted by Crippen LogP contribution is -2.51. The van der Waals surface area contributed by atoms with E-state index >= 15 is 0 Å². The van der Waals surface area contributed by atoms with Gasteiger partial charge in [0.1, 0.15) is 12.7 Å². The van der Waals surface area contributed by atoms with Gasteiger partial charge in [0.15, 0.2) is 5.78 Å². The summed E-state index contributed by atoms with van der Waals surface area (Å²) in [5, 5.41) is 8.94. The molecule has 0 bridgehead atoms. The molecule has 1 N–H and O–H groups in total. The van der Waals surface area contributed by atoms with Crippen LogP contribution in [0, 0.1) is 0 Å². The van der Waals surface area contributed by atoms with Gasteiger partial charge in [0.25, 0.3) is 5.97 Å². The van der Waals surface area contributed by atoms with E-state index in [9.17, 15) is 4.79 Å². The van der Waals surface area contributed by atoms with Crippen molar-refractivity contribution < 1.29 is 24.1 Å². The normalized spacial score (nSPS) is 31.1. The van der Waals surface area contributed by atoms with E-state index in [4.69, 9.17) is 19.3 Å². The molecule has 0 aromatic rings. The van der Waals surface area contributed by atoms with E-state index in [-0.39, 0.29) is 19.0 Å². The first-order valence-corrected chi connectivity index (χ1v) is 5.21. The second-order valence-corrected chi connectivity index (χ2v) is 4.06. The summed E-state index contributed by atoms with van der Waals surface area (Å²) in [5.41, 5.74) is 0. The van der Waals surface area contributed by atoms with E-state index < -0.39 is 12.1 Å². The zero-order valence-corrected chi connectivity index (χ0v) is 9.93. The number of Topliss-reactive ketones (excluding diaryl/α,β-unsaturated/α-hetero) is 1. The van der Waals surface area contributed by atoms with Crippen LogP contribution in [-0.4, -0.2) is 68.3 Å². The molecule has 0 amide bonds. The molecule has 2 atom stereocenters. The minimum absolute atomic E-state index is 0.0936. The molecule has 1 fully saturated rings. The molecule has 6 nitrogen and oxygen atoms in total. The van der Waals surface area contributed by atoms with Gasteiger partial charge in [-0.05, 0) is 14.1 Å². The van der Waals surface area contributed by atoms with E-state index in [1.807, 2.05) is 19.0 Å². The Morgan fingerprint density at radius 2 is 2.31 bits per heavy atom. The minimum atomic E-state index is -1.24. The fourth-order valence-electron chi connectivity index (χ4n) is 1.28. The smallest absolute Gasteiger partial charge is 0.281 e. The molecule has 1 heterocycles. The van der Waals surface area contributed by atoms with Crippen molar-refractivity contribution in [3.63, 3.8) is 0 Å². The van der Waals surface area contributed by atoms with Gasteiger partial charge in [-0.25, -0.2) is 0 Å². The van der Waals surface area contributed by atoms with Crippen LogP contribution < -0.4 is 0 Å². The van der Waals surface area contributed by atoms with E-state index in [1.54, 1.807) is 6.92 Å². The SMILES string of the molecule is CN(C)CCOC1(C)OCC(=O)C(CO)O1. The molecular weight excluding hydrogens is 214 g/mol. The van der Waals surface area contributed by atoms with Gasteiger partial charge >= 0.3 is 0 Å². The van der Waals surface area contributed by atoms with Crippen LogP contribution in [-0.2, 0) is 19.0 Å². The number of aliphatic hydroxyl groups is 1. The highest BCUT2D eigenvalue weighted by Gasteiger charge is 2.39. The molecule has 1 aliphatic rings. The third kappa shape index (κ3) is 3.80. The average molecular weight is 233 g/mol. The van der Waals surface area contributed by atoms with Gasteiger partial charge in [0.2, 0.25) is 0 Å². The summed E-state index contributed by atoms with van der Waals surface area (Å²) in [6.07, 6.45) is -0.849. The third-order valence-corrected chi connectivity index (χ3v) is 2.26. The molecule has 0 radical (unpaired) electrons. The number of nitrogens with zero attached hydrogens (tertiary/aromatic N) is 1. The Kier molecular flexibility index (Phi) is 4.82. The summed E-state index contributed by atoms with van der Waals surface area (Å²) in [6.45, 7) is 2.30. The van der Waals surface area contributed by atoms with Crippen LogP contribution in [0.3, 0.4) is 0 Å². The summed E-state index contributed by atoms with van der Waals surface area (Å²) >= 11 is 0. The van der Waals surface area contributed by atoms with Crippen molar-refractivity contribution in [1.29, 1.82) is 0 Å². The van der Waals surface area contributed by atoms with Gasteiger partial charge in [-0.3, -0.25) is 4.79 Å². The van der Waals surface area contributed by atoms with Gasteiger partial charge in [0, 0.05) is 13.5 Å². The Bertz CT molecular complexity index is 245. The quantitative estimate of drug-likeness (QED) is 0.671. The topological polar surface area (TPSA) is 68.2 Å². The summed E-state index contributed by atoms with van der Waals surface area (Å²) in [4.78, 5) is 13.2. The Balaban J connectivity index is 2.41. The van der Waals surface area contributed by atoms with Crippen LogP contribution in [0.4, 0.5) is 0 Å². The number of carbonyl (C=O) groups excluding carboxylic acids is 1. The maximum Gasteiger partial charge on any atom is 0.281 e. The van der Waals surface area contributed by atoms with Crippen LogP contribution in [0.15, 0.2) is 0 Å². The van der Waals surface area contributed by atoms with Crippen molar-refractivity contribution in [2.45, 2.75) is 19.0 Å². The van der Waals surface area contributed by atoms with E-state index in [0.29, 0.717) is 6.61 Å². The standard InChI is InChI=1S/C10H19NO5/c1-10(14-5-4-11(2)3)15-7-8(13)9(6-12)16-10/h9,12H,4-7H2,1-3H3. The number of hydrogen-bond donors (Lipinski definition) is 1. The Morgan fingerprint density at radius 3 is 2.88 bits per heavy atom. The van der Waals surface area contributed by atoms with Crippen molar-refractivity contribution in [2.75, 3.05) is 40.5 Å². The lowest BCUT2D eigenvalue weighted by Gasteiger charge is -2.36. The van der Waals surface area contributed by atoms with Gasteiger partial charge in [-0.1, -0.05) is 0 Å². The fraction of sp³-hybridized carbons (Fsp3) is 0.900. The Hall–Kier alpha value is -0.530. The zero-order chi connectivity index (χ0) is 12.2.